The third-order valence-corrected chi connectivity index (χ3v) is 4.43. The predicted molar refractivity (Wildman–Crippen MR) is 105 cm³/mol. The minimum Gasteiger partial charge on any atom is -0.493 e. The number of H-pyrrole nitrogens is 2. The molecular weight excluding hydrogens is 362 g/mol. The highest BCUT2D eigenvalue weighted by Crippen LogP contribution is 2.36. The molecule has 3 aromatic heterocycles. The van der Waals surface area contributed by atoms with Crippen LogP contribution in [0.15, 0.2) is 44.1 Å². The van der Waals surface area contributed by atoms with Crippen molar-refractivity contribution in [2.45, 2.75) is 20.4 Å². The van der Waals surface area contributed by atoms with E-state index in [1.54, 1.807) is 4.57 Å². The highest BCUT2D eigenvalue weighted by molar-refractivity contribution is 5.94. The molecule has 0 radical (unpaired) electrons. The first-order valence-electron chi connectivity index (χ1n) is 8.77. The van der Waals surface area contributed by atoms with E-state index in [2.05, 4.69) is 25.2 Å². The van der Waals surface area contributed by atoms with E-state index in [4.69, 9.17) is 0 Å². The van der Waals surface area contributed by atoms with Crippen molar-refractivity contribution in [1.82, 2.24) is 24.1 Å². The van der Waals surface area contributed by atoms with Crippen molar-refractivity contribution in [2.24, 2.45) is 23.2 Å². The van der Waals surface area contributed by atoms with Crippen LogP contribution in [0.2, 0.25) is 0 Å². The van der Waals surface area contributed by atoms with Crippen molar-refractivity contribution in [3.05, 3.63) is 45.1 Å². The maximum Gasteiger partial charge on any atom is 0.329 e. The molecule has 3 N–H and O–H groups in total. The van der Waals surface area contributed by atoms with Crippen molar-refractivity contribution in [1.29, 1.82) is 0 Å². The fourth-order valence-electron chi connectivity index (χ4n) is 3.15. The molecular formula is C18H19N7O3. The van der Waals surface area contributed by atoms with Crippen molar-refractivity contribution >= 4 is 33.7 Å². The highest BCUT2D eigenvalue weighted by atomic mass is 16.3. The molecule has 0 aliphatic carbocycles. The normalized spacial score (nSPS) is 12.1. The molecule has 0 fully saturated rings. The molecule has 0 spiro atoms. The quantitative estimate of drug-likeness (QED) is 0.469. The van der Waals surface area contributed by atoms with E-state index in [0.717, 1.165) is 5.52 Å². The van der Waals surface area contributed by atoms with Crippen LogP contribution in [-0.4, -0.2) is 29.2 Å². The van der Waals surface area contributed by atoms with Crippen molar-refractivity contribution < 1.29 is 5.11 Å². The molecule has 0 bridgehead atoms. The van der Waals surface area contributed by atoms with Crippen LogP contribution in [0.25, 0.3) is 22.1 Å². The van der Waals surface area contributed by atoms with Gasteiger partial charge in [0.1, 0.15) is 0 Å². The summed E-state index contributed by atoms with van der Waals surface area (Å²) in [5, 5.41) is 19.2. The van der Waals surface area contributed by atoms with Crippen LogP contribution in [0.4, 0.5) is 11.6 Å². The number of benzene rings is 1. The highest BCUT2D eigenvalue weighted by Gasteiger charge is 2.18. The first-order valence-corrected chi connectivity index (χ1v) is 8.77. The third-order valence-electron chi connectivity index (χ3n) is 4.43. The van der Waals surface area contributed by atoms with Gasteiger partial charge >= 0.3 is 5.69 Å². The summed E-state index contributed by atoms with van der Waals surface area (Å²) in [7, 11) is 1.53. The van der Waals surface area contributed by atoms with E-state index in [1.165, 1.54) is 11.6 Å². The minimum atomic E-state index is -0.551. The number of hydrogen-bond acceptors (Lipinski definition) is 6. The van der Waals surface area contributed by atoms with Gasteiger partial charge in [0.15, 0.2) is 16.9 Å². The summed E-state index contributed by atoms with van der Waals surface area (Å²) in [4.78, 5) is 33.8. The minimum absolute atomic E-state index is 0.110. The maximum atomic E-state index is 12.4. The fourth-order valence-corrected chi connectivity index (χ4v) is 3.15. The Labute approximate surface area is 158 Å². The molecule has 0 atom stereocenters. The molecule has 28 heavy (non-hydrogen) atoms. The lowest BCUT2D eigenvalue weighted by molar-refractivity contribution is 0.459. The summed E-state index contributed by atoms with van der Waals surface area (Å²) in [5.74, 6) is 0.270. The van der Waals surface area contributed by atoms with Gasteiger partial charge in [-0.15, -0.1) is 10.2 Å². The summed E-state index contributed by atoms with van der Waals surface area (Å²) in [6, 6.07) is 7.30. The van der Waals surface area contributed by atoms with Gasteiger partial charge in [-0.25, -0.2) is 4.79 Å². The Kier molecular flexibility index (Phi) is 4.10. The lowest BCUT2D eigenvalue weighted by Gasteiger charge is -2.08. The predicted octanol–water partition coefficient (Wildman–Crippen LogP) is 2.68. The molecule has 144 valence electrons. The number of aromatic amines is 2. The van der Waals surface area contributed by atoms with Crippen LogP contribution >= 0.6 is 0 Å². The number of nitrogens with one attached hydrogen (secondary N) is 2. The third kappa shape index (κ3) is 2.79. The van der Waals surface area contributed by atoms with Crippen molar-refractivity contribution in [2.75, 3.05) is 0 Å². The Morgan fingerprint density at radius 3 is 2.68 bits per heavy atom. The Morgan fingerprint density at radius 2 is 1.93 bits per heavy atom. The summed E-state index contributed by atoms with van der Waals surface area (Å²) in [6.07, 6.45) is 0. The number of azo groups is 1. The van der Waals surface area contributed by atoms with E-state index < -0.39 is 11.2 Å². The second-order valence-electron chi connectivity index (χ2n) is 6.97. The van der Waals surface area contributed by atoms with Gasteiger partial charge in [0.25, 0.3) is 11.5 Å². The van der Waals surface area contributed by atoms with Crippen LogP contribution in [0.3, 0.4) is 0 Å². The van der Waals surface area contributed by atoms with Crippen LogP contribution < -0.4 is 11.2 Å². The van der Waals surface area contributed by atoms with Gasteiger partial charge in [-0.3, -0.25) is 14.3 Å². The number of fused-ring (bicyclic) bond motifs is 2. The molecule has 0 aliphatic heterocycles. The summed E-state index contributed by atoms with van der Waals surface area (Å²) >= 11 is 0. The molecule has 0 amide bonds. The Balaban J connectivity index is 1.93. The number of para-hydroxylation sites is 1. The number of aromatic hydroxyl groups is 1. The summed E-state index contributed by atoms with van der Waals surface area (Å²) in [5.41, 5.74) is 0.413. The van der Waals surface area contributed by atoms with Gasteiger partial charge in [0, 0.05) is 19.0 Å². The van der Waals surface area contributed by atoms with Crippen molar-refractivity contribution in [3.8, 4) is 5.88 Å². The number of nitrogens with zero attached hydrogens (tertiary/aromatic N) is 5. The standard InChI is InChI=1S/C18H19N7O3/c1-9(2)8-25-13-14(24(3)18(28)21-16(13)27)20-17(25)23-22-12-10-6-4-5-7-11(10)19-15(12)26/h4-7,9,19,26H,8H2,1-3H3,(H,21,27,28). The largest absolute Gasteiger partial charge is 0.493 e. The van der Waals surface area contributed by atoms with Gasteiger partial charge in [0.2, 0.25) is 5.88 Å². The van der Waals surface area contributed by atoms with Gasteiger partial charge in [0.05, 0.1) is 5.52 Å². The molecule has 10 nitrogen and oxygen atoms in total. The van der Waals surface area contributed by atoms with Crippen LogP contribution in [0, 0.1) is 5.92 Å². The van der Waals surface area contributed by atoms with E-state index in [-0.39, 0.29) is 34.6 Å². The molecule has 0 unspecified atom stereocenters. The topological polar surface area (TPSA) is 133 Å². The molecule has 0 aliphatic rings. The van der Waals surface area contributed by atoms with Gasteiger partial charge in [-0.05, 0) is 12.0 Å². The van der Waals surface area contributed by atoms with E-state index in [9.17, 15) is 14.7 Å². The SMILES string of the molecule is CC(C)Cn1c(N=Nc2c(O)[nH]c3ccccc23)nc2c1c(=O)[nH]c(=O)n2C. The average molecular weight is 381 g/mol. The number of aryl methyl sites for hydroxylation is 1. The van der Waals surface area contributed by atoms with Crippen LogP contribution in [0.5, 0.6) is 5.88 Å². The fraction of sp³-hybridized carbons (Fsp3) is 0.278. The smallest absolute Gasteiger partial charge is 0.329 e. The second-order valence-corrected chi connectivity index (χ2v) is 6.97. The first-order chi connectivity index (χ1) is 13.4. The Hall–Kier alpha value is -3.69. The van der Waals surface area contributed by atoms with E-state index >= 15 is 0 Å². The average Bonchev–Trinajstić information content (AvgIpc) is 3.15. The zero-order valence-corrected chi connectivity index (χ0v) is 15.6. The zero-order chi connectivity index (χ0) is 20.0. The van der Waals surface area contributed by atoms with Gasteiger partial charge < -0.3 is 14.7 Å². The lowest BCUT2D eigenvalue weighted by atomic mass is 10.2. The van der Waals surface area contributed by atoms with Crippen LogP contribution in [0.1, 0.15) is 13.8 Å². The van der Waals surface area contributed by atoms with E-state index in [1.807, 2.05) is 38.1 Å². The number of imidazole rings is 1. The maximum absolute atomic E-state index is 12.4. The number of aromatic nitrogens is 5. The Morgan fingerprint density at radius 1 is 1.18 bits per heavy atom. The molecule has 4 rings (SSSR count). The summed E-state index contributed by atoms with van der Waals surface area (Å²) < 4.78 is 2.89. The Bertz CT molecular complexity index is 1340. The molecule has 3 heterocycles. The monoisotopic (exact) mass is 381 g/mol. The van der Waals surface area contributed by atoms with Gasteiger partial charge in [-0.2, -0.15) is 4.98 Å². The number of rotatable bonds is 4. The van der Waals surface area contributed by atoms with E-state index in [0.29, 0.717) is 11.9 Å². The zero-order valence-electron chi connectivity index (χ0n) is 15.6. The first kappa shape index (κ1) is 17.7. The number of hydrogen-bond donors (Lipinski definition) is 3. The van der Waals surface area contributed by atoms with Crippen LogP contribution in [-0.2, 0) is 13.6 Å². The molecule has 0 saturated carbocycles. The molecule has 0 saturated heterocycles. The molecule has 10 heteroatoms. The van der Waals surface area contributed by atoms with Gasteiger partial charge in [-0.1, -0.05) is 32.0 Å². The molecule has 4 aromatic rings. The van der Waals surface area contributed by atoms with Crippen molar-refractivity contribution in [3.63, 3.8) is 0 Å². The lowest BCUT2D eigenvalue weighted by Crippen LogP contribution is -2.29. The summed E-state index contributed by atoms with van der Waals surface area (Å²) in [6.45, 7) is 4.45. The molecule has 1 aromatic carbocycles. The second kappa shape index (κ2) is 6.48.